The fourth-order valence-corrected chi connectivity index (χ4v) is 3.19. The highest BCUT2D eigenvalue weighted by atomic mass is 16.5. The van der Waals surface area contributed by atoms with Gasteiger partial charge in [0.05, 0.1) is 18.4 Å². The zero-order valence-corrected chi connectivity index (χ0v) is 15.8. The van der Waals surface area contributed by atoms with Gasteiger partial charge in [-0.25, -0.2) is 4.98 Å². The monoisotopic (exact) mass is 389 g/mol. The topological polar surface area (TPSA) is 97.2 Å². The average molecular weight is 389 g/mol. The molecular formula is C22H19N3O4. The number of hydrogen-bond acceptors (Lipinski definition) is 5. The Morgan fingerprint density at radius 2 is 1.90 bits per heavy atom. The Hall–Kier alpha value is -3.87. The Labute approximate surface area is 166 Å². The van der Waals surface area contributed by atoms with Gasteiger partial charge in [-0.3, -0.25) is 9.59 Å². The minimum atomic E-state index is -0.412. The number of nitrogens with zero attached hydrogens (tertiary/aromatic N) is 1. The van der Waals surface area contributed by atoms with Crippen molar-refractivity contribution in [2.45, 2.75) is 6.92 Å². The zero-order valence-electron chi connectivity index (χ0n) is 15.8. The van der Waals surface area contributed by atoms with E-state index in [9.17, 15) is 9.59 Å². The summed E-state index contributed by atoms with van der Waals surface area (Å²) in [5, 5.41) is 2.92. The molecule has 0 saturated carbocycles. The van der Waals surface area contributed by atoms with E-state index >= 15 is 0 Å². The Kier molecular flexibility index (Phi) is 5.11. The maximum Gasteiger partial charge on any atom is 0.262 e. The van der Waals surface area contributed by atoms with Crippen LogP contribution in [-0.2, 0) is 0 Å². The van der Waals surface area contributed by atoms with Gasteiger partial charge in [0, 0.05) is 5.56 Å². The first kappa shape index (κ1) is 18.5. The van der Waals surface area contributed by atoms with Gasteiger partial charge >= 0.3 is 0 Å². The number of ether oxygens (including phenoxy) is 1. The Bertz CT molecular complexity index is 1210. The number of furan rings is 1. The van der Waals surface area contributed by atoms with Crippen LogP contribution in [0.3, 0.4) is 0 Å². The lowest BCUT2D eigenvalue weighted by molar-refractivity contribution is 0.0947. The van der Waals surface area contributed by atoms with Crippen molar-refractivity contribution in [3.05, 3.63) is 82.6 Å². The number of carbonyl (C=O) groups excluding carboxylic acids is 1. The molecule has 0 aliphatic carbocycles. The number of aromatic nitrogens is 2. The summed E-state index contributed by atoms with van der Waals surface area (Å²) in [5.41, 5.74) is 1.96. The molecule has 0 atom stereocenters. The Balaban J connectivity index is 1.43. The molecule has 4 rings (SSSR count). The van der Waals surface area contributed by atoms with Crippen molar-refractivity contribution in [1.82, 2.24) is 15.3 Å². The summed E-state index contributed by atoms with van der Waals surface area (Å²) < 4.78 is 11.3. The standard InChI is InChI=1S/C22H19N3O4/c1-14-18(19-21(27)24-13-25-22(19)29-14)20(26)23-11-12-28-17-10-6-5-9-16(17)15-7-3-2-4-8-15/h2-10,13H,11-12H2,1H3,(H,23,26)(H,24,25,27). The maximum atomic E-state index is 12.6. The van der Waals surface area contributed by atoms with Gasteiger partial charge in [0.15, 0.2) is 0 Å². The quantitative estimate of drug-likeness (QED) is 0.493. The van der Waals surface area contributed by atoms with Crippen LogP contribution in [0.25, 0.3) is 22.2 Å². The van der Waals surface area contributed by atoms with E-state index in [1.165, 1.54) is 6.33 Å². The van der Waals surface area contributed by atoms with Crippen molar-refractivity contribution >= 4 is 17.0 Å². The molecule has 2 N–H and O–H groups in total. The predicted octanol–water partition coefficient (Wildman–Crippen LogP) is 3.30. The molecule has 7 nitrogen and oxygen atoms in total. The fraction of sp³-hybridized carbons (Fsp3) is 0.136. The number of fused-ring (bicyclic) bond motifs is 1. The summed E-state index contributed by atoms with van der Waals surface area (Å²) in [5.74, 6) is 0.676. The summed E-state index contributed by atoms with van der Waals surface area (Å²) >= 11 is 0. The van der Waals surface area contributed by atoms with E-state index in [4.69, 9.17) is 9.15 Å². The largest absolute Gasteiger partial charge is 0.491 e. The summed E-state index contributed by atoms with van der Waals surface area (Å²) in [6.45, 7) is 2.17. The molecule has 0 aliphatic rings. The van der Waals surface area contributed by atoms with Crippen LogP contribution in [0.5, 0.6) is 5.75 Å². The van der Waals surface area contributed by atoms with Crippen molar-refractivity contribution in [2.24, 2.45) is 0 Å². The number of hydrogen-bond donors (Lipinski definition) is 2. The van der Waals surface area contributed by atoms with E-state index in [0.29, 0.717) is 5.76 Å². The number of rotatable bonds is 6. The minimum Gasteiger partial charge on any atom is -0.491 e. The molecule has 1 amide bonds. The maximum absolute atomic E-state index is 12.6. The van der Waals surface area contributed by atoms with Gasteiger partial charge < -0.3 is 19.5 Å². The average Bonchev–Trinajstić information content (AvgIpc) is 3.09. The lowest BCUT2D eigenvalue weighted by atomic mass is 10.1. The number of nitrogens with one attached hydrogen (secondary N) is 2. The lowest BCUT2D eigenvalue weighted by Gasteiger charge is -2.12. The molecule has 0 unspecified atom stereocenters. The smallest absolute Gasteiger partial charge is 0.262 e. The van der Waals surface area contributed by atoms with Gasteiger partial charge in [0.25, 0.3) is 11.5 Å². The molecule has 0 radical (unpaired) electrons. The molecule has 0 saturated heterocycles. The molecule has 0 spiro atoms. The van der Waals surface area contributed by atoms with Crippen LogP contribution in [0.15, 0.2) is 70.1 Å². The third kappa shape index (κ3) is 3.75. The van der Waals surface area contributed by atoms with E-state index < -0.39 is 11.5 Å². The third-order valence-corrected chi connectivity index (χ3v) is 4.51. The highest BCUT2D eigenvalue weighted by Gasteiger charge is 2.21. The molecule has 0 bridgehead atoms. The second kappa shape index (κ2) is 8.02. The molecule has 2 aromatic carbocycles. The van der Waals surface area contributed by atoms with Crippen molar-refractivity contribution in [1.29, 1.82) is 0 Å². The van der Waals surface area contributed by atoms with Crippen molar-refractivity contribution < 1.29 is 13.9 Å². The van der Waals surface area contributed by atoms with Crippen LogP contribution >= 0.6 is 0 Å². The minimum absolute atomic E-state index is 0.143. The number of para-hydroxylation sites is 1. The number of aromatic amines is 1. The highest BCUT2D eigenvalue weighted by Crippen LogP contribution is 2.29. The first-order valence-corrected chi connectivity index (χ1v) is 9.17. The van der Waals surface area contributed by atoms with E-state index in [1.54, 1.807) is 6.92 Å². The van der Waals surface area contributed by atoms with Gasteiger partial charge in [-0.2, -0.15) is 0 Å². The Morgan fingerprint density at radius 1 is 1.14 bits per heavy atom. The van der Waals surface area contributed by atoms with Gasteiger partial charge in [-0.1, -0.05) is 48.5 Å². The fourth-order valence-electron chi connectivity index (χ4n) is 3.19. The van der Waals surface area contributed by atoms with Gasteiger partial charge in [-0.15, -0.1) is 0 Å². The second-order valence-electron chi connectivity index (χ2n) is 6.41. The van der Waals surface area contributed by atoms with E-state index in [1.807, 2.05) is 54.6 Å². The van der Waals surface area contributed by atoms with Crippen LogP contribution in [0.4, 0.5) is 0 Å². The van der Waals surface area contributed by atoms with Crippen LogP contribution in [0.1, 0.15) is 16.1 Å². The van der Waals surface area contributed by atoms with E-state index in [2.05, 4.69) is 15.3 Å². The van der Waals surface area contributed by atoms with E-state index in [-0.39, 0.29) is 29.8 Å². The van der Waals surface area contributed by atoms with Crippen LogP contribution < -0.4 is 15.6 Å². The number of benzene rings is 2. The molecule has 2 aromatic heterocycles. The summed E-state index contributed by atoms with van der Waals surface area (Å²) in [6.07, 6.45) is 1.24. The van der Waals surface area contributed by atoms with Crippen LogP contribution in [0, 0.1) is 6.92 Å². The third-order valence-electron chi connectivity index (χ3n) is 4.51. The molecule has 4 aromatic rings. The predicted molar refractivity (Wildman–Crippen MR) is 109 cm³/mol. The highest BCUT2D eigenvalue weighted by molar-refractivity contribution is 6.06. The van der Waals surface area contributed by atoms with Crippen molar-refractivity contribution in [3.8, 4) is 16.9 Å². The normalized spacial score (nSPS) is 10.8. The number of aryl methyl sites for hydroxylation is 1. The summed E-state index contributed by atoms with van der Waals surface area (Å²) in [4.78, 5) is 31.0. The number of carbonyl (C=O) groups is 1. The molecule has 29 heavy (non-hydrogen) atoms. The molecular weight excluding hydrogens is 370 g/mol. The molecule has 0 fully saturated rings. The molecule has 2 heterocycles. The first-order valence-electron chi connectivity index (χ1n) is 9.17. The summed E-state index contributed by atoms with van der Waals surface area (Å²) in [6, 6.07) is 17.7. The number of amides is 1. The number of H-pyrrole nitrogens is 1. The SMILES string of the molecule is Cc1oc2nc[nH]c(=O)c2c1C(=O)NCCOc1ccccc1-c1ccccc1. The second-order valence-corrected chi connectivity index (χ2v) is 6.41. The van der Waals surface area contributed by atoms with Crippen molar-refractivity contribution in [2.75, 3.05) is 13.2 Å². The van der Waals surface area contributed by atoms with Crippen LogP contribution in [-0.4, -0.2) is 29.0 Å². The molecule has 7 heteroatoms. The van der Waals surface area contributed by atoms with Gasteiger partial charge in [0.1, 0.15) is 23.5 Å². The van der Waals surface area contributed by atoms with E-state index in [0.717, 1.165) is 16.9 Å². The van der Waals surface area contributed by atoms with Crippen molar-refractivity contribution in [3.63, 3.8) is 0 Å². The van der Waals surface area contributed by atoms with Gasteiger partial charge in [-0.05, 0) is 18.6 Å². The Morgan fingerprint density at radius 3 is 2.72 bits per heavy atom. The zero-order chi connectivity index (χ0) is 20.2. The molecule has 146 valence electrons. The van der Waals surface area contributed by atoms with Crippen LogP contribution in [0.2, 0.25) is 0 Å². The summed E-state index contributed by atoms with van der Waals surface area (Å²) in [7, 11) is 0. The lowest BCUT2D eigenvalue weighted by Crippen LogP contribution is -2.29. The first-order chi connectivity index (χ1) is 14.1. The molecule has 0 aliphatic heterocycles. The van der Waals surface area contributed by atoms with Gasteiger partial charge in [0.2, 0.25) is 5.71 Å².